The number of carbonyl (C=O) groups is 1. The molecule has 0 unspecified atom stereocenters. The van der Waals surface area contributed by atoms with Gasteiger partial charge in [0.2, 0.25) is 5.13 Å². The van der Waals surface area contributed by atoms with E-state index in [1.807, 2.05) is 43.3 Å². The van der Waals surface area contributed by atoms with Gasteiger partial charge in [0.1, 0.15) is 4.88 Å². The quantitative estimate of drug-likeness (QED) is 0.274. The molecule has 1 amide bonds. The van der Waals surface area contributed by atoms with E-state index in [-0.39, 0.29) is 28.6 Å². The van der Waals surface area contributed by atoms with Gasteiger partial charge in [0.25, 0.3) is 11.6 Å². The molecule has 0 spiro atoms. The smallest absolute Gasteiger partial charge is 0.271 e. The number of aryl methyl sites for hydroxylation is 1. The second kappa shape index (κ2) is 10.6. The summed E-state index contributed by atoms with van der Waals surface area (Å²) < 4.78 is 0. The molecule has 0 bridgehead atoms. The molecule has 0 radical (unpaired) electrons. The maximum atomic E-state index is 12.5. The Morgan fingerprint density at radius 1 is 1.23 bits per heavy atom. The Balaban J connectivity index is 0.00000341. The number of nitro groups is 1. The lowest BCUT2D eigenvalue weighted by atomic mass is 10.2. The molecular formula is C20H21BrN6O3S. The first kappa shape index (κ1) is 24.0. The monoisotopic (exact) mass is 504 g/mol. The summed E-state index contributed by atoms with van der Waals surface area (Å²) in [5.41, 5.74) is 5.63. The van der Waals surface area contributed by atoms with Gasteiger partial charge in [0.05, 0.1) is 16.8 Å². The molecule has 9 nitrogen and oxygen atoms in total. The van der Waals surface area contributed by atoms with E-state index in [2.05, 4.69) is 20.8 Å². The third kappa shape index (κ3) is 6.33. The lowest BCUT2D eigenvalue weighted by molar-refractivity contribution is -0.384. The molecule has 162 valence electrons. The van der Waals surface area contributed by atoms with Gasteiger partial charge in [-0.3, -0.25) is 20.3 Å². The number of benzene rings is 2. The second-order valence-corrected chi connectivity index (χ2v) is 7.55. The van der Waals surface area contributed by atoms with E-state index < -0.39 is 4.92 Å². The summed E-state index contributed by atoms with van der Waals surface area (Å²) in [6.45, 7) is 1.72. The summed E-state index contributed by atoms with van der Waals surface area (Å²) in [4.78, 5) is 29.6. The number of thiazole rings is 1. The Morgan fingerprint density at radius 2 is 1.94 bits per heavy atom. The molecule has 2 aromatic carbocycles. The molecule has 11 heteroatoms. The Labute approximate surface area is 193 Å². The molecule has 0 aliphatic rings. The Morgan fingerprint density at radius 3 is 2.58 bits per heavy atom. The van der Waals surface area contributed by atoms with Gasteiger partial charge in [-0.1, -0.05) is 29.5 Å². The number of non-ortho nitro benzene ring substituents is 1. The SMILES string of the molecule is Br.Cc1nc(N/N=C/c2ccc(N(C)C)cc2)sc1C(=O)Nc1cccc([N+](=O)[O-])c1. The van der Waals surface area contributed by atoms with Crippen LogP contribution in [-0.2, 0) is 0 Å². The number of hydrogen-bond donors (Lipinski definition) is 2. The van der Waals surface area contributed by atoms with Crippen molar-refractivity contribution in [2.45, 2.75) is 6.92 Å². The first-order valence-corrected chi connectivity index (χ1v) is 9.75. The fourth-order valence-electron chi connectivity index (χ4n) is 2.56. The summed E-state index contributed by atoms with van der Waals surface area (Å²) >= 11 is 1.15. The summed E-state index contributed by atoms with van der Waals surface area (Å²) in [5, 5.41) is 18.2. The van der Waals surface area contributed by atoms with Gasteiger partial charge in [-0.15, -0.1) is 17.0 Å². The largest absolute Gasteiger partial charge is 0.378 e. The Kier molecular flexibility index (Phi) is 8.22. The zero-order valence-corrected chi connectivity index (χ0v) is 19.6. The number of nitro benzene ring substituents is 1. The average Bonchev–Trinajstić information content (AvgIpc) is 3.09. The van der Waals surface area contributed by atoms with Crippen LogP contribution in [-0.4, -0.2) is 36.1 Å². The van der Waals surface area contributed by atoms with Crippen molar-refractivity contribution >= 4 is 62.6 Å². The van der Waals surface area contributed by atoms with Crippen molar-refractivity contribution in [1.82, 2.24) is 4.98 Å². The maximum Gasteiger partial charge on any atom is 0.271 e. The van der Waals surface area contributed by atoms with Crippen LogP contribution in [0.15, 0.2) is 53.6 Å². The first-order chi connectivity index (χ1) is 14.3. The number of carbonyl (C=O) groups excluding carboxylic acids is 1. The number of rotatable bonds is 7. The lowest BCUT2D eigenvalue weighted by Crippen LogP contribution is -2.11. The highest BCUT2D eigenvalue weighted by Gasteiger charge is 2.16. The Hall–Kier alpha value is -3.31. The number of anilines is 3. The minimum atomic E-state index is -0.512. The molecule has 0 aliphatic carbocycles. The third-order valence-corrected chi connectivity index (χ3v) is 5.16. The van der Waals surface area contributed by atoms with E-state index in [1.165, 1.54) is 18.2 Å². The maximum absolute atomic E-state index is 12.5. The molecule has 3 aromatic rings. The number of amides is 1. The predicted octanol–water partition coefficient (Wildman–Crippen LogP) is 4.70. The van der Waals surface area contributed by atoms with Crippen LogP contribution in [0.3, 0.4) is 0 Å². The summed E-state index contributed by atoms with van der Waals surface area (Å²) in [5.74, 6) is -0.387. The van der Waals surface area contributed by atoms with E-state index in [1.54, 1.807) is 19.2 Å². The zero-order valence-electron chi connectivity index (χ0n) is 17.0. The van der Waals surface area contributed by atoms with Gasteiger partial charge < -0.3 is 10.2 Å². The summed E-state index contributed by atoms with van der Waals surface area (Å²) in [6, 6.07) is 13.7. The van der Waals surface area contributed by atoms with Gasteiger partial charge in [-0.05, 0) is 30.7 Å². The average molecular weight is 505 g/mol. The van der Waals surface area contributed by atoms with Crippen molar-refractivity contribution < 1.29 is 9.72 Å². The third-order valence-electron chi connectivity index (χ3n) is 4.10. The molecule has 3 rings (SSSR count). The highest BCUT2D eigenvalue weighted by atomic mass is 79.9. The van der Waals surface area contributed by atoms with E-state index in [0.717, 1.165) is 22.6 Å². The van der Waals surface area contributed by atoms with Crippen molar-refractivity contribution in [2.75, 3.05) is 29.7 Å². The number of halogens is 1. The molecule has 2 N–H and O–H groups in total. The summed E-state index contributed by atoms with van der Waals surface area (Å²) in [6.07, 6.45) is 1.67. The van der Waals surface area contributed by atoms with Crippen LogP contribution in [0.5, 0.6) is 0 Å². The molecule has 1 heterocycles. The van der Waals surface area contributed by atoms with E-state index in [4.69, 9.17) is 0 Å². The minimum Gasteiger partial charge on any atom is -0.378 e. The Bertz CT molecular complexity index is 1100. The standard InChI is InChI=1S/C20H20N6O3S.BrH/c1-13-18(19(27)23-15-5-4-6-17(11-15)26(28)29)30-20(22-13)24-21-12-14-7-9-16(10-8-14)25(2)3;/h4-12H,1-3H3,(H,22,24)(H,23,27);1H/b21-12+;. The van der Waals surface area contributed by atoms with Crippen LogP contribution >= 0.6 is 28.3 Å². The molecule has 0 fully saturated rings. The van der Waals surface area contributed by atoms with Crippen molar-refractivity contribution in [2.24, 2.45) is 5.10 Å². The lowest BCUT2D eigenvalue weighted by Gasteiger charge is -2.11. The number of nitrogens with one attached hydrogen (secondary N) is 2. The van der Waals surface area contributed by atoms with Crippen molar-refractivity contribution in [3.63, 3.8) is 0 Å². The van der Waals surface area contributed by atoms with Crippen LogP contribution in [0, 0.1) is 17.0 Å². The van der Waals surface area contributed by atoms with Gasteiger partial charge in [-0.25, -0.2) is 4.98 Å². The van der Waals surface area contributed by atoms with Crippen LogP contribution in [0.4, 0.5) is 22.2 Å². The number of hydrazone groups is 1. The van der Waals surface area contributed by atoms with Crippen molar-refractivity contribution in [3.8, 4) is 0 Å². The van der Waals surface area contributed by atoms with Crippen molar-refractivity contribution in [1.29, 1.82) is 0 Å². The van der Waals surface area contributed by atoms with E-state index in [0.29, 0.717) is 21.4 Å². The molecule has 0 aliphatic heterocycles. The number of aromatic nitrogens is 1. The topological polar surface area (TPSA) is 113 Å². The minimum absolute atomic E-state index is 0. The fourth-order valence-corrected chi connectivity index (χ4v) is 3.37. The molecule has 0 atom stereocenters. The zero-order chi connectivity index (χ0) is 21.7. The van der Waals surface area contributed by atoms with Gasteiger partial charge in [-0.2, -0.15) is 5.10 Å². The highest BCUT2D eigenvalue weighted by Crippen LogP contribution is 2.25. The fraction of sp³-hybridized carbons (Fsp3) is 0.150. The summed E-state index contributed by atoms with van der Waals surface area (Å²) in [7, 11) is 3.95. The molecule has 31 heavy (non-hydrogen) atoms. The predicted molar refractivity (Wildman–Crippen MR) is 130 cm³/mol. The second-order valence-electron chi connectivity index (χ2n) is 6.55. The molecule has 0 saturated carbocycles. The van der Waals surface area contributed by atoms with E-state index >= 15 is 0 Å². The number of nitrogens with zero attached hydrogens (tertiary/aromatic N) is 4. The molecular weight excluding hydrogens is 484 g/mol. The normalized spacial score (nSPS) is 10.4. The van der Waals surface area contributed by atoms with Gasteiger partial charge >= 0.3 is 0 Å². The molecule has 1 aromatic heterocycles. The van der Waals surface area contributed by atoms with Crippen molar-refractivity contribution in [3.05, 3.63) is 74.8 Å². The first-order valence-electron chi connectivity index (χ1n) is 8.93. The number of hydrogen-bond acceptors (Lipinski definition) is 8. The highest BCUT2D eigenvalue weighted by molar-refractivity contribution is 8.93. The van der Waals surface area contributed by atoms with Gasteiger partial charge in [0, 0.05) is 37.6 Å². The van der Waals surface area contributed by atoms with Gasteiger partial charge in [0.15, 0.2) is 0 Å². The molecule has 0 saturated heterocycles. The van der Waals surface area contributed by atoms with Crippen LogP contribution in [0.1, 0.15) is 20.9 Å². The van der Waals surface area contributed by atoms with E-state index in [9.17, 15) is 14.9 Å². The van der Waals surface area contributed by atoms with Crippen LogP contribution in [0.25, 0.3) is 0 Å². The van der Waals surface area contributed by atoms with Crippen LogP contribution < -0.4 is 15.6 Å². The van der Waals surface area contributed by atoms with Crippen LogP contribution in [0.2, 0.25) is 0 Å².